The lowest BCUT2D eigenvalue weighted by Gasteiger charge is -2.07. The van der Waals surface area contributed by atoms with E-state index in [2.05, 4.69) is 23.4 Å². The zero-order chi connectivity index (χ0) is 14.5. The molecule has 0 atom stereocenters. The van der Waals surface area contributed by atoms with E-state index in [9.17, 15) is 0 Å². The summed E-state index contributed by atoms with van der Waals surface area (Å²) in [5, 5.41) is 10.1. The van der Waals surface area contributed by atoms with Gasteiger partial charge in [0, 0.05) is 22.9 Å². The van der Waals surface area contributed by atoms with Crippen LogP contribution in [-0.4, -0.2) is 20.5 Å². The first-order valence-corrected chi connectivity index (χ1v) is 7.55. The monoisotopic (exact) mass is 305 g/mol. The molecular weight excluding hydrogens is 290 g/mol. The molecule has 5 heteroatoms. The summed E-state index contributed by atoms with van der Waals surface area (Å²) < 4.78 is 2.05. The van der Waals surface area contributed by atoms with Crippen molar-refractivity contribution in [3.63, 3.8) is 0 Å². The summed E-state index contributed by atoms with van der Waals surface area (Å²) >= 11 is 7.55. The van der Waals surface area contributed by atoms with Gasteiger partial charge < -0.3 is 0 Å². The van der Waals surface area contributed by atoms with E-state index in [1.807, 2.05) is 41.8 Å². The zero-order valence-corrected chi connectivity index (χ0v) is 12.9. The summed E-state index contributed by atoms with van der Waals surface area (Å²) in [7, 11) is 0. The molecule has 3 nitrogen and oxygen atoms in total. The van der Waals surface area contributed by atoms with Gasteiger partial charge in [-0.15, -0.1) is 16.8 Å². The zero-order valence-electron chi connectivity index (χ0n) is 11.3. The van der Waals surface area contributed by atoms with Crippen LogP contribution in [0.1, 0.15) is 6.92 Å². The number of hydrogen-bond acceptors (Lipinski definition) is 3. The molecule has 0 unspecified atom stereocenters. The molecule has 20 heavy (non-hydrogen) atoms. The minimum absolute atomic E-state index is 0.670. The second-order valence-electron chi connectivity index (χ2n) is 4.46. The molecule has 0 amide bonds. The molecule has 0 fully saturated rings. The van der Waals surface area contributed by atoms with E-state index in [4.69, 9.17) is 11.6 Å². The van der Waals surface area contributed by atoms with Crippen LogP contribution in [0.4, 0.5) is 0 Å². The van der Waals surface area contributed by atoms with Crippen molar-refractivity contribution in [3.05, 3.63) is 54.1 Å². The van der Waals surface area contributed by atoms with E-state index in [0.29, 0.717) is 11.6 Å². The van der Waals surface area contributed by atoms with Crippen LogP contribution in [0.25, 0.3) is 11.4 Å². The van der Waals surface area contributed by atoms with Crippen LogP contribution in [-0.2, 0) is 6.54 Å². The lowest BCUT2D eigenvalue weighted by atomic mass is 10.2. The first-order valence-electron chi connectivity index (χ1n) is 6.19. The SMILES string of the molecule is C=CCn1c(SCC(=C)C)nnc1-c1ccc(Cl)cc1. The fourth-order valence-electron chi connectivity index (χ4n) is 1.69. The van der Waals surface area contributed by atoms with E-state index >= 15 is 0 Å². The molecular formula is C15H16ClN3S. The Morgan fingerprint density at radius 2 is 2.05 bits per heavy atom. The number of rotatable bonds is 6. The van der Waals surface area contributed by atoms with Crippen molar-refractivity contribution >= 4 is 23.4 Å². The topological polar surface area (TPSA) is 30.7 Å². The van der Waals surface area contributed by atoms with Gasteiger partial charge in [0.25, 0.3) is 0 Å². The standard InChI is InChI=1S/C15H16ClN3S/c1-4-9-19-14(12-5-7-13(16)8-6-12)17-18-15(19)20-10-11(2)3/h4-8H,1-2,9-10H2,3H3. The summed E-state index contributed by atoms with van der Waals surface area (Å²) in [5.41, 5.74) is 2.10. The molecule has 2 aromatic rings. The van der Waals surface area contributed by atoms with Crippen LogP contribution < -0.4 is 0 Å². The van der Waals surface area contributed by atoms with Gasteiger partial charge in [-0.2, -0.15) is 0 Å². The smallest absolute Gasteiger partial charge is 0.192 e. The lowest BCUT2D eigenvalue weighted by Crippen LogP contribution is -2.01. The highest BCUT2D eigenvalue weighted by Gasteiger charge is 2.13. The average Bonchev–Trinajstić information content (AvgIpc) is 2.81. The van der Waals surface area contributed by atoms with Crippen LogP contribution in [0.15, 0.2) is 54.2 Å². The number of nitrogens with zero attached hydrogens (tertiary/aromatic N) is 3. The van der Waals surface area contributed by atoms with Gasteiger partial charge in [-0.25, -0.2) is 0 Å². The molecule has 0 aliphatic heterocycles. The van der Waals surface area contributed by atoms with Gasteiger partial charge in [-0.05, 0) is 31.2 Å². The Kier molecular flexibility index (Phi) is 5.04. The van der Waals surface area contributed by atoms with E-state index in [1.165, 1.54) is 0 Å². The predicted octanol–water partition coefficient (Wildman–Crippen LogP) is 4.45. The third kappa shape index (κ3) is 3.52. The third-order valence-corrected chi connectivity index (χ3v) is 4.03. The molecule has 2 rings (SSSR count). The van der Waals surface area contributed by atoms with E-state index in [0.717, 1.165) is 27.9 Å². The number of allylic oxidation sites excluding steroid dienone is 1. The van der Waals surface area contributed by atoms with Crippen LogP contribution in [0.5, 0.6) is 0 Å². The van der Waals surface area contributed by atoms with Crippen molar-refractivity contribution in [2.75, 3.05) is 5.75 Å². The van der Waals surface area contributed by atoms with Crippen LogP contribution in [0, 0.1) is 0 Å². The quantitative estimate of drug-likeness (QED) is 0.583. The van der Waals surface area contributed by atoms with Gasteiger partial charge in [-0.1, -0.05) is 41.6 Å². The van der Waals surface area contributed by atoms with Crippen LogP contribution >= 0.6 is 23.4 Å². The van der Waals surface area contributed by atoms with Crippen molar-refractivity contribution < 1.29 is 0 Å². The highest BCUT2D eigenvalue weighted by Crippen LogP contribution is 2.25. The molecule has 0 N–H and O–H groups in total. The summed E-state index contributed by atoms with van der Waals surface area (Å²) in [6.07, 6.45) is 1.84. The Morgan fingerprint density at radius 1 is 1.35 bits per heavy atom. The Labute approximate surface area is 128 Å². The Hall–Kier alpha value is -1.52. The normalized spacial score (nSPS) is 10.5. The molecule has 0 spiro atoms. The highest BCUT2D eigenvalue weighted by atomic mass is 35.5. The second kappa shape index (κ2) is 6.77. The fourth-order valence-corrected chi connectivity index (χ4v) is 2.61. The van der Waals surface area contributed by atoms with Crippen molar-refractivity contribution in [3.8, 4) is 11.4 Å². The molecule has 0 saturated heterocycles. The van der Waals surface area contributed by atoms with Gasteiger partial charge >= 0.3 is 0 Å². The van der Waals surface area contributed by atoms with Crippen molar-refractivity contribution in [1.82, 2.24) is 14.8 Å². The molecule has 104 valence electrons. The molecule has 0 saturated carbocycles. The summed E-state index contributed by atoms with van der Waals surface area (Å²) in [5.74, 6) is 1.65. The Morgan fingerprint density at radius 3 is 2.65 bits per heavy atom. The molecule has 0 bridgehead atoms. The van der Waals surface area contributed by atoms with E-state index in [1.54, 1.807) is 11.8 Å². The largest absolute Gasteiger partial charge is 0.298 e. The van der Waals surface area contributed by atoms with Crippen LogP contribution in [0.2, 0.25) is 5.02 Å². The highest BCUT2D eigenvalue weighted by molar-refractivity contribution is 7.99. The molecule has 0 aliphatic carbocycles. The average molecular weight is 306 g/mol. The number of halogens is 1. The van der Waals surface area contributed by atoms with Gasteiger partial charge in [-0.3, -0.25) is 4.57 Å². The van der Waals surface area contributed by atoms with Gasteiger partial charge in [0.2, 0.25) is 0 Å². The Balaban J connectivity index is 2.35. The van der Waals surface area contributed by atoms with E-state index < -0.39 is 0 Å². The maximum atomic E-state index is 5.92. The van der Waals surface area contributed by atoms with E-state index in [-0.39, 0.29) is 0 Å². The maximum Gasteiger partial charge on any atom is 0.192 e. The number of aromatic nitrogens is 3. The third-order valence-electron chi connectivity index (χ3n) is 2.58. The van der Waals surface area contributed by atoms with Crippen molar-refractivity contribution in [1.29, 1.82) is 0 Å². The lowest BCUT2D eigenvalue weighted by molar-refractivity contribution is 0.731. The minimum atomic E-state index is 0.670. The first-order chi connectivity index (χ1) is 9.61. The van der Waals surface area contributed by atoms with Gasteiger partial charge in [0.05, 0.1) is 0 Å². The fraction of sp³-hybridized carbons (Fsp3) is 0.200. The minimum Gasteiger partial charge on any atom is -0.298 e. The van der Waals surface area contributed by atoms with Crippen molar-refractivity contribution in [2.24, 2.45) is 0 Å². The summed E-state index contributed by atoms with van der Waals surface area (Å²) in [6.45, 7) is 10.4. The summed E-state index contributed by atoms with van der Waals surface area (Å²) in [6, 6.07) is 7.59. The Bertz CT molecular complexity index is 617. The van der Waals surface area contributed by atoms with Crippen LogP contribution in [0.3, 0.4) is 0 Å². The summed E-state index contributed by atoms with van der Waals surface area (Å²) in [4.78, 5) is 0. The van der Waals surface area contributed by atoms with Gasteiger partial charge in [0.15, 0.2) is 11.0 Å². The first kappa shape index (κ1) is 14.9. The molecule has 1 aromatic carbocycles. The van der Waals surface area contributed by atoms with Gasteiger partial charge in [0.1, 0.15) is 0 Å². The molecule has 0 radical (unpaired) electrons. The number of benzene rings is 1. The second-order valence-corrected chi connectivity index (χ2v) is 5.84. The predicted molar refractivity (Wildman–Crippen MR) is 86.2 cm³/mol. The number of thioether (sulfide) groups is 1. The van der Waals surface area contributed by atoms with Crippen molar-refractivity contribution in [2.45, 2.75) is 18.6 Å². The molecule has 1 heterocycles. The molecule has 1 aromatic heterocycles. The molecule has 0 aliphatic rings. The number of hydrogen-bond donors (Lipinski definition) is 0. The maximum absolute atomic E-state index is 5.92.